The molecular weight excluding hydrogens is 409 g/mol. The Hall–Kier alpha value is -3.15. The van der Waals surface area contributed by atoms with E-state index >= 15 is 0 Å². The van der Waals surface area contributed by atoms with Crippen LogP contribution in [0.5, 0.6) is 0 Å². The molecule has 146 valence electrons. The minimum atomic E-state index is -1.01. The monoisotopic (exact) mass is 425 g/mol. The van der Waals surface area contributed by atoms with Gasteiger partial charge in [0.15, 0.2) is 0 Å². The Balaban J connectivity index is 1.89. The van der Waals surface area contributed by atoms with Crippen LogP contribution >= 0.6 is 23.2 Å². The van der Waals surface area contributed by atoms with Crippen LogP contribution in [0.25, 0.3) is 0 Å². The maximum atomic E-state index is 12.9. The van der Waals surface area contributed by atoms with Gasteiger partial charge in [0.1, 0.15) is 11.9 Å². The molecule has 7 heteroatoms. The van der Waals surface area contributed by atoms with Crippen LogP contribution in [-0.2, 0) is 4.79 Å². The zero-order valence-corrected chi connectivity index (χ0v) is 16.7. The number of carbonyl (C=O) groups excluding carboxylic acids is 2. The molecule has 0 saturated carbocycles. The summed E-state index contributed by atoms with van der Waals surface area (Å²) in [5, 5.41) is 3.68. The molecule has 0 aliphatic heterocycles. The van der Waals surface area contributed by atoms with Gasteiger partial charge in [-0.15, -0.1) is 0 Å². The van der Waals surface area contributed by atoms with Crippen molar-refractivity contribution in [2.75, 3.05) is 0 Å². The van der Waals surface area contributed by atoms with E-state index < -0.39 is 17.9 Å². The molecule has 29 heavy (non-hydrogen) atoms. The second-order valence-corrected chi connectivity index (χ2v) is 7.04. The van der Waals surface area contributed by atoms with Gasteiger partial charge in [-0.05, 0) is 48.0 Å². The summed E-state index contributed by atoms with van der Waals surface area (Å²) in [5.74, 6) is -1.02. The van der Waals surface area contributed by atoms with Crippen LogP contribution in [0.4, 0.5) is 0 Å². The zero-order chi connectivity index (χ0) is 20.8. The summed E-state index contributed by atoms with van der Waals surface area (Å²) in [7, 11) is 0. The SMILES string of the molecule is NC(=NC(=O)C(NC(=O)c1cccc(Cl)c1)c1ccccc1)c1ccc(Cl)cc1. The van der Waals surface area contributed by atoms with Crippen LogP contribution in [-0.4, -0.2) is 17.6 Å². The van der Waals surface area contributed by atoms with Crippen molar-refractivity contribution in [2.24, 2.45) is 10.7 Å². The lowest BCUT2D eigenvalue weighted by molar-refractivity contribution is -0.119. The molecule has 0 heterocycles. The highest BCUT2D eigenvalue weighted by molar-refractivity contribution is 6.31. The number of nitrogens with one attached hydrogen (secondary N) is 1. The van der Waals surface area contributed by atoms with Crippen LogP contribution in [0, 0.1) is 0 Å². The van der Waals surface area contributed by atoms with Crippen molar-refractivity contribution in [1.82, 2.24) is 5.32 Å². The fourth-order valence-electron chi connectivity index (χ4n) is 2.65. The van der Waals surface area contributed by atoms with Gasteiger partial charge in [0.25, 0.3) is 11.8 Å². The molecule has 0 spiro atoms. The largest absolute Gasteiger partial charge is 0.383 e. The number of halogens is 2. The zero-order valence-electron chi connectivity index (χ0n) is 15.2. The summed E-state index contributed by atoms with van der Waals surface area (Å²) >= 11 is 11.8. The van der Waals surface area contributed by atoms with E-state index in [0.717, 1.165) is 0 Å². The molecule has 0 saturated heterocycles. The Labute approximate surface area is 178 Å². The highest BCUT2D eigenvalue weighted by atomic mass is 35.5. The number of hydrogen-bond acceptors (Lipinski definition) is 2. The molecular formula is C22H17Cl2N3O2. The van der Waals surface area contributed by atoms with Crippen LogP contribution in [0.1, 0.15) is 27.5 Å². The number of rotatable bonds is 5. The molecule has 3 aromatic carbocycles. The first-order valence-electron chi connectivity index (χ1n) is 8.69. The van der Waals surface area contributed by atoms with E-state index in [1.807, 2.05) is 6.07 Å². The minimum absolute atomic E-state index is 0.0320. The summed E-state index contributed by atoms with van der Waals surface area (Å²) in [6.45, 7) is 0. The molecule has 0 aliphatic carbocycles. The predicted molar refractivity (Wildman–Crippen MR) is 115 cm³/mol. The topological polar surface area (TPSA) is 84.5 Å². The van der Waals surface area contributed by atoms with Gasteiger partial charge in [-0.1, -0.05) is 59.6 Å². The first-order valence-corrected chi connectivity index (χ1v) is 9.45. The summed E-state index contributed by atoms with van der Waals surface area (Å²) in [6, 6.07) is 20.9. The summed E-state index contributed by atoms with van der Waals surface area (Å²) in [6.07, 6.45) is 0. The van der Waals surface area contributed by atoms with Gasteiger partial charge in [-0.3, -0.25) is 9.59 Å². The molecule has 5 nitrogen and oxygen atoms in total. The lowest BCUT2D eigenvalue weighted by Crippen LogP contribution is -2.34. The Morgan fingerprint density at radius 1 is 0.828 bits per heavy atom. The van der Waals surface area contributed by atoms with E-state index in [0.29, 0.717) is 26.7 Å². The third-order valence-electron chi connectivity index (χ3n) is 4.11. The first-order chi connectivity index (χ1) is 13.9. The van der Waals surface area contributed by atoms with Crippen LogP contribution in [0.2, 0.25) is 10.0 Å². The number of benzene rings is 3. The van der Waals surface area contributed by atoms with E-state index in [2.05, 4.69) is 10.3 Å². The van der Waals surface area contributed by atoms with E-state index in [-0.39, 0.29) is 5.84 Å². The number of aliphatic imine (C=N–C) groups is 1. The number of carbonyl (C=O) groups is 2. The molecule has 1 atom stereocenters. The molecule has 0 aromatic heterocycles. The molecule has 0 radical (unpaired) electrons. The molecule has 1 unspecified atom stereocenters. The number of amides is 2. The van der Waals surface area contributed by atoms with Crippen LogP contribution in [0.3, 0.4) is 0 Å². The van der Waals surface area contributed by atoms with Gasteiger partial charge >= 0.3 is 0 Å². The Morgan fingerprint density at radius 2 is 1.52 bits per heavy atom. The second kappa shape index (κ2) is 9.37. The maximum absolute atomic E-state index is 12.9. The lowest BCUT2D eigenvalue weighted by Gasteiger charge is -2.16. The Kier molecular flexibility index (Phi) is 6.65. The standard InChI is InChI=1S/C22H17Cl2N3O2/c23-17-11-9-15(10-12-17)20(25)27-22(29)19(14-5-2-1-3-6-14)26-21(28)16-7-4-8-18(24)13-16/h1-13,19H,(H,26,28)(H2,25,27,29). The molecule has 3 N–H and O–H groups in total. The number of hydrogen-bond donors (Lipinski definition) is 2. The third-order valence-corrected chi connectivity index (χ3v) is 4.60. The van der Waals surface area contributed by atoms with E-state index in [4.69, 9.17) is 28.9 Å². The van der Waals surface area contributed by atoms with E-state index in [1.54, 1.807) is 66.7 Å². The molecule has 0 bridgehead atoms. The van der Waals surface area contributed by atoms with Gasteiger partial charge in [0.2, 0.25) is 0 Å². The van der Waals surface area contributed by atoms with Gasteiger partial charge < -0.3 is 11.1 Å². The molecule has 3 rings (SSSR count). The summed E-state index contributed by atoms with van der Waals surface area (Å²) < 4.78 is 0. The quantitative estimate of drug-likeness (QED) is 0.469. The number of amidine groups is 1. The predicted octanol–water partition coefficient (Wildman–Crippen LogP) is 4.40. The molecule has 0 fully saturated rings. The van der Waals surface area contributed by atoms with Gasteiger partial charge in [-0.25, -0.2) is 0 Å². The van der Waals surface area contributed by atoms with Crippen molar-refractivity contribution < 1.29 is 9.59 Å². The van der Waals surface area contributed by atoms with Crippen molar-refractivity contribution in [3.8, 4) is 0 Å². The third kappa shape index (κ3) is 5.44. The fourth-order valence-corrected chi connectivity index (χ4v) is 2.96. The van der Waals surface area contributed by atoms with Crippen molar-refractivity contribution >= 4 is 40.9 Å². The second-order valence-electron chi connectivity index (χ2n) is 6.17. The molecule has 2 amide bonds. The summed E-state index contributed by atoms with van der Waals surface area (Å²) in [4.78, 5) is 29.5. The fraction of sp³-hybridized carbons (Fsp3) is 0.0455. The van der Waals surface area contributed by atoms with Crippen LogP contribution in [0.15, 0.2) is 83.9 Å². The summed E-state index contributed by atoms with van der Waals surface area (Å²) in [5.41, 5.74) is 7.45. The van der Waals surface area contributed by atoms with Crippen molar-refractivity contribution in [3.05, 3.63) is 106 Å². The smallest absolute Gasteiger partial charge is 0.274 e. The number of nitrogens with two attached hydrogens (primary N) is 1. The van der Waals surface area contributed by atoms with Gasteiger partial charge in [0.05, 0.1) is 0 Å². The normalized spacial score (nSPS) is 12.3. The average molecular weight is 426 g/mol. The maximum Gasteiger partial charge on any atom is 0.274 e. The highest BCUT2D eigenvalue weighted by Crippen LogP contribution is 2.18. The first kappa shape index (κ1) is 20.6. The van der Waals surface area contributed by atoms with Gasteiger partial charge in [0, 0.05) is 21.2 Å². The minimum Gasteiger partial charge on any atom is -0.383 e. The highest BCUT2D eigenvalue weighted by Gasteiger charge is 2.23. The van der Waals surface area contributed by atoms with Crippen molar-refractivity contribution in [3.63, 3.8) is 0 Å². The number of nitrogens with zero attached hydrogens (tertiary/aromatic N) is 1. The van der Waals surface area contributed by atoms with Gasteiger partial charge in [-0.2, -0.15) is 4.99 Å². The Bertz CT molecular complexity index is 1050. The molecule has 3 aromatic rings. The van der Waals surface area contributed by atoms with Crippen molar-refractivity contribution in [2.45, 2.75) is 6.04 Å². The van der Waals surface area contributed by atoms with Crippen LogP contribution < -0.4 is 11.1 Å². The Morgan fingerprint density at radius 3 is 2.17 bits per heavy atom. The average Bonchev–Trinajstić information content (AvgIpc) is 2.72. The molecule has 0 aliphatic rings. The van der Waals surface area contributed by atoms with Crippen molar-refractivity contribution in [1.29, 1.82) is 0 Å². The van der Waals surface area contributed by atoms with E-state index in [9.17, 15) is 9.59 Å². The van der Waals surface area contributed by atoms with E-state index in [1.165, 1.54) is 6.07 Å². The lowest BCUT2D eigenvalue weighted by atomic mass is 10.1.